The molecule has 0 radical (unpaired) electrons. The van der Waals surface area contributed by atoms with Crippen LogP contribution >= 0.6 is 0 Å². The SMILES string of the molecule is CCC(=O)NC(C(=O)N1CCN(Cc2ccccc2)CC1)C(C)c1ccc(CC(=O)[C@@H](NC(=O)c2ccnn2CC)C2CCC(C)CC2)c(F)c1. The van der Waals surface area contributed by atoms with Crippen LogP contribution in [0, 0.1) is 17.7 Å². The first kappa shape index (κ1) is 37.9. The third kappa shape index (κ3) is 9.70. The highest BCUT2D eigenvalue weighted by Crippen LogP contribution is 2.32. The predicted octanol–water partition coefficient (Wildman–Crippen LogP) is 5.12. The van der Waals surface area contributed by atoms with Crippen LogP contribution in [0.25, 0.3) is 0 Å². The summed E-state index contributed by atoms with van der Waals surface area (Å²) in [5.74, 6) is -1.59. The second-order valence-corrected chi connectivity index (χ2v) is 14.3. The van der Waals surface area contributed by atoms with E-state index in [0.29, 0.717) is 49.9 Å². The Morgan fingerprint density at radius 1 is 0.922 bits per heavy atom. The Kier molecular flexibility index (Phi) is 13.1. The molecule has 5 rings (SSSR count). The van der Waals surface area contributed by atoms with Crippen molar-refractivity contribution in [3.8, 4) is 0 Å². The summed E-state index contributed by atoms with van der Waals surface area (Å²) >= 11 is 0. The van der Waals surface area contributed by atoms with Crippen molar-refractivity contribution in [2.45, 2.75) is 97.3 Å². The number of amides is 3. The Morgan fingerprint density at radius 3 is 2.27 bits per heavy atom. The number of carbonyl (C=O) groups excluding carboxylic acids is 4. The number of hydrogen-bond acceptors (Lipinski definition) is 6. The molecule has 2 aliphatic rings. The maximum absolute atomic E-state index is 15.8. The summed E-state index contributed by atoms with van der Waals surface area (Å²) in [5.41, 5.74) is 2.39. The van der Waals surface area contributed by atoms with Crippen LogP contribution in [0.1, 0.15) is 92.9 Å². The Balaban J connectivity index is 1.27. The first-order valence-corrected chi connectivity index (χ1v) is 18.6. The summed E-state index contributed by atoms with van der Waals surface area (Å²) in [6.45, 7) is 11.5. The molecule has 1 aliphatic heterocycles. The molecule has 2 aromatic carbocycles. The number of aromatic nitrogens is 2. The van der Waals surface area contributed by atoms with E-state index in [1.165, 1.54) is 11.6 Å². The van der Waals surface area contributed by atoms with Gasteiger partial charge in [0.25, 0.3) is 5.91 Å². The van der Waals surface area contributed by atoms with Crippen molar-refractivity contribution in [1.29, 1.82) is 0 Å². The highest BCUT2D eigenvalue weighted by Gasteiger charge is 2.35. The summed E-state index contributed by atoms with van der Waals surface area (Å²) in [6, 6.07) is 14.9. The minimum Gasteiger partial charge on any atom is -0.344 e. The number of halogens is 1. The van der Waals surface area contributed by atoms with E-state index >= 15 is 4.39 Å². The third-order valence-electron chi connectivity index (χ3n) is 10.7. The van der Waals surface area contributed by atoms with Gasteiger partial charge in [-0.3, -0.25) is 28.8 Å². The molecule has 51 heavy (non-hydrogen) atoms. The van der Waals surface area contributed by atoms with E-state index in [-0.39, 0.29) is 47.8 Å². The fraction of sp³-hybridized carbons (Fsp3) is 0.525. The molecule has 2 heterocycles. The fourth-order valence-corrected chi connectivity index (χ4v) is 7.39. The van der Waals surface area contributed by atoms with Gasteiger partial charge in [-0.05, 0) is 60.4 Å². The number of aryl methyl sites for hydroxylation is 1. The number of ketones is 1. The lowest BCUT2D eigenvalue weighted by Crippen LogP contribution is -2.56. The fourth-order valence-electron chi connectivity index (χ4n) is 7.39. The van der Waals surface area contributed by atoms with Crippen LogP contribution in [0.3, 0.4) is 0 Å². The van der Waals surface area contributed by atoms with E-state index in [1.807, 2.05) is 32.0 Å². The Hall–Kier alpha value is -4.38. The van der Waals surface area contributed by atoms with Gasteiger partial charge in [-0.2, -0.15) is 5.10 Å². The van der Waals surface area contributed by atoms with Crippen molar-refractivity contribution in [2.75, 3.05) is 26.2 Å². The van der Waals surface area contributed by atoms with Gasteiger partial charge in [0.15, 0.2) is 5.78 Å². The van der Waals surface area contributed by atoms with Crippen LogP contribution < -0.4 is 10.6 Å². The molecule has 2 N–H and O–H groups in total. The second kappa shape index (κ2) is 17.7. The first-order chi connectivity index (χ1) is 24.6. The summed E-state index contributed by atoms with van der Waals surface area (Å²) in [5, 5.41) is 10.1. The van der Waals surface area contributed by atoms with Gasteiger partial charge >= 0.3 is 0 Å². The van der Waals surface area contributed by atoms with E-state index < -0.39 is 23.8 Å². The molecule has 11 heteroatoms. The van der Waals surface area contributed by atoms with Crippen LogP contribution in [-0.4, -0.2) is 81.3 Å². The maximum atomic E-state index is 15.8. The molecule has 1 aromatic heterocycles. The molecule has 3 aromatic rings. The van der Waals surface area contributed by atoms with Crippen molar-refractivity contribution < 1.29 is 23.6 Å². The summed E-state index contributed by atoms with van der Waals surface area (Å²) < 4.78 is 17.4. The topological polar surface area (TPSA) is 117 Å². The van der Waals surface area contributed by atoms with Crippen LogP contribution in [-0.2, 0) is 33.9 Å². The molecule has 3 amide bonds. The Bertz CT molecular complexity index is 1650. The molecular weight excluding hydrogens is 647 g/mol. The average molecular weight is 701 g/mol. The monoisotopic (exact) mass is 700 g/mol. The van der Waals surface area contributed by atoms with Crippen molar-refractivity contribution in [3.63, 3.8) is 0 Å². The lowest BCUT2D eigenvalue weighted by atomic mass is 9.77. The van der Waals surface area contributed by atoms with Crippen molar-refractivity contribution in [3.05, 3.63) is 89.0 Å². The molecule has 1 aliphatic carbocycles. The molecule has 10 nitrogen and oxygen atoms in total. The molecule has 1 saturated carbocycles. The van der Waals surface area contributed by atoms with E-state index in [9.17, 15) is 19.2 Å². The molecule has 0 spiro atoms. The second-order valence-electron chi connectivity index (χ2n) is 14.3. The summed E-state index contributed by atoms with van der Waals surface area (Å²) in [7, 11) is 0. The lowest BCUT2D eigenvalue weighted by Gasteiger charge is -2.37. The van der Waals surface area contributed by atoms with Crippen LogP contribution in [0.5, 0.6) is 0 Å². The van der Waals surface area contributed by atoms with Gasteiger partial charge in [0.2, 0.25) is 11.8 Å². The molecule has 0 bridgehead atoms. The third-order valence-corrected chi connectivity index (χ3v) is 10.7. The smallest absolute Gasteiger partial charge is 0.270 e. The van der Waals surface area contributed by atoms with Gasteiger partial charge in [-0.15, -0.1) is 0 Å². The zero-order valence-corrected chi connectivity index (χ0v) is 30.4. The van der Waals surface area contributed by atoms with Crippen LogP contribution in [0.2, 0.25) is 0 Å². The van der Waals surface area contributed by atoms with Gasteiger partial charge < -0.3 is 15.5 Å². The molecule has 1 saturated heterocycles. The van der Waals surface area contributed by atoms with Crippen molar-refractivity contribution in [1.82, 2.24) is 30.2 Å². The standard InChI is InChI=1S/C40H53FN6O4/c1-5-36(49)43-37(40(51)46-22-20-45(21-23-46)26-29-10-8-7-9-11-29)28(4)31-16-17-32(33(41)24-31)25-35(48)38(30-14-12-27(3)13-15-30)44-39(50)34-18-19-42-47(34)6-2/h7-11,16-19,24,27-28,30,37-38H,5-6,12-15,20-23,25-26H2,1-4H3,(H,43,49)(H,44,50)/t27?,28?,30?,37?,38-/m0/s1. The lowest BCUT2D eigenvalue weighted by molar-refractivity contribution is -0.138. The molecule has 274 valence electrons. The van der Waals surface area contributed by atoms with E-state index in [0.717, 1.165) is 32.2 Å². The number of piperazine rings is 1. The van der Waals surface area contributed by atoms with Crippen molar-refractivity contribution >= 4 is 23.5 Å². The Labute approximate surface area is 301 Å². The van der Waals surface area contributed by atoms with Gasteiger partial charge in [0.1, 0.15) is 17.6 Å². The number of nitrogens with zero attached hydrogens (tertiary/aromatic N) is 4. The number of hydrogen-bond donors (Lipinski definition) is 2. The zero-order valence-electron chi connectivity index (χ0n) is 30.4. The van der Waals surface area contributed by atoms with Gasteiger partial charge in [-0.25, -0.2) is 4.39 Å². The number of Topliss-reactive ketones (excluding diaryl/α,β-unsaturated/α-hetero) is 1. The normalized spacial score (nSPS) is 19.9. The van der Waals surface area contributed by atoms with Crippen molar-refractivity contribution in [2.24, 2.45) is 11.8 Å². The summed E-state index contributed by atoms with van der Waals surface area (Å²) in [6.07, 6.45) is 5.16. The van der Waals surface area contributed by atoms with Gasteiger partial charge in [-0.1, -0.05) is 76.1 Å². The molecule has 2 unspecified atom stereocenters. The highest BCUT2D eigenvalue weighted by molar-refractivity contribution is 5.97. The minimum absolute atomic E-state index is 0.0350. The average Bonchev–Trinajstić information content (AvgIpc) is 3.63. The molecular formula is C40H53FN6O4. The summed E-state index contributed by atoms with van der Waals surface area (Å²) in [4.78, 5) is 57.8. The number of carbonyl (C=O) groups is 4. The van der Waals surface area contributed by atoms with E-state index in [2.05, 4.69) is 39.7 Å². The predicted molar refractivity (Wildman–Crippen MR) is 194 cm³/mol. The number of rotatable bonds is 14. The minimum atomic E-state index is -0.866. The van der Waals surface area contributed by atoms with E-state index in [1.54, 1.807) is 40.9 Å². The highest BCUT2D eigenvalue weighted by atomic mass is 19.1. The van der Waals surface area contributed by atoms with E-state index in [4.69, 9.17) is 0 Å². The maximum Gasteiger partial charge on any atom is 0.270 e. The molecule has 3 atom stereocenters. The van der Waals surface area contributed by atoms with Crippen LogP contribution in [0.15, 0.2) is 60.8 Å². The van der Waals surface area contributed by atoms with Crippen LogP contribution in [0.4, 0.5) is 4.39 Å². The van der Waals surface area contributed by atoms with Gasteiger partial charge in [0, 0.05) is 64.2 Å². The first-order valence-electron chi connectivity index (χ1n) is 18.6. The Morgan fingerprint density at radius 2 is 1.63 bits per heavy atom. The zero-order chi connectivity index (χ0) is 36.5. The largest absolute Gasteiger partial charge is 0.344 e. The quantitative estimate of drug-likeness (QED) is 0.241. The number of benzene rings is 2. The van der Waals surface area contributed by atoms with Gasteiger partial charge in [0.05, 0.1) is 6.04 Å². The number of nitrogens with one attached hydrogen (secondary N) is 2. The molecule has 2 fully saturated rings.